The van der Waals surface area contributed by atoms with E-state index in [-0.39, 0.29) is 12.1 Å². The number of carbonyl (C=O) groups is 1. The Morgan fingerprint density at radius 2 is 2.27 bits per heavy atom. The quantitative estimate of drug-likeness (QED) is 0.789. The lowest BCUT2D eigenvalue weighted by molar-refractivity contribution is 0.163. The van der Waals surface area contributed by atoms with Crippen LogP contribution in [0.25, 0.3) is 0 Å². The number of urea groups is 1. The van der Waals surface area contributed by atoms with Crippen LogP contribution in [0.5, 0.6) is 0 Å². The van der Waals surface area contributed by atoms with E-state index >= 15 is 0 Å². The van der Waals surface area contributed by atoms with E-state index in [1.807, 2.05) is 29.2 Å². The second-order valence-corrected chi connectivity index (χ2v) is 5.82. The van der Waals surface area contributed by atoms with Gasteiger partial charge in [0.15, 0.2) is 0 Å². The largest absolute Gasteiger partial charge is 0.338 e. The van der Waals surface area contributed by atoms with E-state index in [2.05, 4.69) is 16.9 Å². The normalized spacial score (nSPS) is 17.0. The van der Waals surface area contributed by atoms with E-state index in [9.17, 15) is 4.79 Å². The molecule has 1 saturated heterocycles. The molecule has 2 amide bonds. The lowest BCUT2D eigenvalue weighted by Gasteiger charge is -2.34. The van der Waals surface area contributed by atoms with Gasteiger partial charge >= 0.3 is 6.03 Å². The van der Waals surface area contributed by atoms with E-state index in [0.717, 1.165) is 44.5 Å². The van der Waals surface area contributed by atoms with Crippen molar-refractivity contribution >= 4 is 6.03 Å². The summed E-state index contributed by atoms with van der Waals surface area (Å²) in [7, 11) is 0. The van der Waals surface area contributed by atoms with E-state index in [1.165, 1.54) is 0 Å². The molecule has 22 heavy (non-hydrogen) atoms. The van der Waals surface area contributed by atoms with Gasteiger partial charge in [0.05, 0.1) is 0 Å². The van der Waals surface area contributed by atoms with Crippen LogP contribution in [-0.2, 0) is 6.42 Å². The number of nitrogens with two attached hydrogens (primary N) is 1. The van der Waals surface area contributed by atoms with Gasteiger partial charge in [0.2, 0.25) is 0 Å². The second kappa shape index (κ2) is 8.54. The van der Waals surface area contributed by atoms with Crippen molar-refractivity contribution in [2.75, 3.05) is 19.6 Å². The summed E-state index contributed by atoms with van der Waals surface area (Å²) in [5.74, 6) is 0.496. The summed E-state index contributed by atoms with van der Waals surface area (Å²) in [6.07, 6.45) is 7.20. The van der Waals surface area contributed by atoms with Crippen molar-refractivity contribution in [1.82, 2.24) is 15.2 Å². The van der Waals surface area contributed by atoms with E-state index in [0.29, 0.717) is 12.5 Å². The molecule has 5 nitrogen and oxygen atoms in total. The molecule has 0 aromatic carbocycles. The highest BCUT2D eigenvalue weighted by molar-refractivity contribution is 5.74. The zero-order valence-electron chi connectivity index (χ0n) is 13.1. The highest BCUT2D eigenvalue weighted by Gasteiger charge is 2.25. The summed E-state index contributed by atoms with van der Waals surface area (Å²) in [5.41, 5.74) is 7.12. The predicted octanol–water partition coefficient (Wildman–Crippen LogP) is 1.95. The van der Waals surface area contributed by atoms with Crippen LogP contribution in [0.2, 0.25) is 0 Å². The Bertz CT molecular complexity index is 469. The van der Waals surface area contributed by atoms with Crippen LogP contribution in [0, 0.1) is 5.92 Å². The van der Waals surface area contributed by atoms with Crippen LogP contribution in [-0.4, -0.2) is 41.6 Å². The average molecular weight is 302 g/mol. The third-order valence-electron chi connectivity index (χ3n) is 4.25. The fraction of sp³-hybridized carbons (Fsp3) is 0.529. The first kappa shape index (κ1) is 16.5. The molecular weight excluding hydrogens is 276 g/mol. The minimum absolute atomic E-state index is 0.0201. The number of likely N-dealkylation sites (tertiary alicyclic amines) is 1. The van der Waals surface area contributed by atoms with Crippen LogP contribution >= 0.6 is 0 Å². The van der Waals surface area contributed by atoms with Crippen molar-refractivity contribution in [3.05, 3.63) is 42.7 Å². The summed E-state index contributed by atoms with van der Waals surface area (Å²) in [4.78, 5) is 18.3. The van der Waals surface area contributed by atoms with Gasteiger partial charge in [-0.15, -0.1) is 6.58 Å². The van der Waals surface area contributed by atoms with Crippen molar-refractivity contribution < 1.29 is 4.79 Å². The Hall–Kier alpha value is -1.88. The van der Waals surface area contributed by atoms with Crippen molar-refractivity contribution in [2.45, 2.75) is 31.7 Å². The summed E-state index contributed by atoms with van der Waals surface area (Å²) < 4.78 is 0. The lowest BCUT2D eigenvalue weighted by Crippen LogP contribution is -2.47. The molecule has 1 aromatic heterocycles. The van der Waals surface area contributed by atoms with Crippen molar-refractivity contribution in [3.8, 4) is 0 Å². The first-order valence-electron chi connectivity index (χ1n) is 8.00. The van der Waals surface area contributed by atoms with Crippen LogP contribution in [0.3, 0.4) is 0 Å². The van der Waals surface area contributed by atoms with E-state index < -0.39 is 0 Å². The standard InChI is InChI=1S/C17H26N4O/c1-2-5-16(18)14-8-12-21(13-9-14)17(22)20-11-7-15-6-3-4-10-19-15/h2-4,6,10,14,16H,1,5,7-9,11-13,18H2,(H,20,22). The molecule has 1 unspecified atom stereocenters. The molecule has 1 aromatic rings. The summed E-state index contributed by atoms with van der Waals surface area (Å²) in [6.45, 7) is 5.92. The highest BCUT2D eigenvalue weighted by Crippen LogP contribution is 2.21. The molecule has 0 radical (unpaired) electrons. The number of pyridine rings is 1. The smallest absolute Gasteiger partial charge is 0.317 e. The molecule has 3 N–H and O–H groups in total. The van der Waals surface area contributed by atoms with E-state index in [4.69, 9.17) is 5.73 Å². The number of rotatable bonds is 6. The van der Waals surface area contributed by atoms with Crippen molar-refractivity contribution in [2.24, 2.45) is 11.7 Å². The van der Waals surface area contributed by atoms with Crippen LogP contribution in [0.4, 0.5) is 4.79 Å². The summed E-state index contributed by atoms with van der Waals surface area (Å²) in [5, 5.41) is 2.97. The average Bonchev–Trinajstić information content (AvgIpc) is 2.56. The molecule has 1 aliphatic heterocycles. The van der Waals surface area contributed by atoms with Gasteiger partial charge in [-0.3, -0.25) is 4.98 Å². The maximum atomic E-state index is 12.1. The predicted molar refractivity (Wildman–Crippen MR) is 88.4 cm³/mol. The number of hydrogen-bond donors (Lipinski definition) is 2. The molecule has 5 heteroatoms. The molecular formula is C17H26N4O. The zero-order chi connectivity index (χ0) is 15.8. The number of amides is 2. The van der Waals surface area contributed by atoms with Gasteiger partial charge in [-0.25, -0.2) is 4.79 Å². The molecule has 1 fully saturated rings. The Morgan fingerprint density at radius 1 is 1.50 bits per heavy atom. The minimum atomic E-state index is 0.0201. The van der Waals surface area contributed by atoms with E-state index in [1.54, 1.807) is 6.20 Å². The third kappa shape index (κ3) is 4.84. The molecule has 2 rings (SSSR count). The fourth-order valence-electron chi connectivity index (χ4n) is 2.87. The summed E-state index contributed by atoms with van der Waals surface area (Å²) >= 11 is 0. The monoisotopic (exact) mass is 302 g/mol. The maximum Gasteiger partial charge on any atom is 0.317 e. The number of carbonyl (C=O) groups excluding carboxylic acids is 1. The lowest BCUT2D eigenvalue weighted by atomic mass is 9.88. The molecule has 0 spiro atoms. The van der Waals surface area contributed by atoms with Crippen LogP contribution in [0.1, 0.15) is 25.0 Å². The Morgan fingerprint density at radius 3 is 2.91 bits per heavy atom. The van der Waals surface area contributed by atoms with Gasteiger partial charge in [-0.05, 0) is 37.3 Å². The SMILES string of the molecule is C=CCC(N)C1CCN(C(=O)NCCc2ccccn2)CC1. The third-order valence-corrected chi connectivity index (χ3v) is 4.25. The number of nitrogens with zero attached hydrogens (tertiary/aromatic N) is 2. The molecule has 2 heterocycles. The Balaban J connectivity index is 1.68. The van der Waals surface area contributed by atoms with Gasteiger partial charge in [0, 0.05) is 44.0 Å². The topological polar surface area (TPSA) is 71.2 Å². The number of nitrogens with one attached hydrogen (secondary N) is 1. The number of piperidine rings is 1. The maximum absolute atomic E-state index is 12.1. The molecule has 120 valence electrons. The zero-order valence-corrected chi connectivity index (χ0v) is 13.1. The minimum Gasteiger partial charge on any atom is -0.338 e. The number of hydrogen-bond acceptors (Lipinski definition) is 3. The second-order valence-electron chi connectivity index (χ2n) is 5.82. The molecule has 0 saturated carbocycles. The highest BCUT2D eigenvalue weighted by atomic mass is 16.2. The van der Waals surface area contributed by atoms with Gasteiger partial charge in [0.1, 0.15) is 0 Å². The number of aromatic nitrogens is 1. The molecule has 0 aliphatic carbocycles. The molecule has 1 aliphatic rings. The fourth-order valence-corrected chi connectivity index (χ4v) is 2.87. The van der Waals surface area contributed by atoms with Gasteiger partial charge in [-0.1, -0.05) is 12.1 Å². The Labute approximate surface area is 132 Å². The molecule has 1 atom stereocenters. The van der Waals surface area contributed by atoms with Crippen LogP contribution in [0.15, 0.2) is 37.1 Å². The first-order valence-corrected chi connectivity index (χ1v) is 8.00. The van der Waals surface area contributed by atoms with Crippen molar-refractivity contribution in [3.63, 3.8) is 0 Å². The van der Waals surface area contributed by atoms with Gasteiger partial charge in [0.25, 0.3) is 0 Å². The van der Waals surface area contributed by atoms with Gasteiger partial charge in [-0.2, -0.15) is 0 Å². The summed E-state index contributed by atoms with van der Waals surface area (Å²) in [6, 6.07) is 6.02. The molecule has 0 bridgehead atoms. The van der Waals surface area contributed by atoms with Crippen LogP contribution < -0.4 is 11.1 Å². The Kier molecular flexibility index (Phi) is 6.40. The van der Waals surface area contributed by atoms with Gasteiger partial charge < -0.3 is 16.0 Å². The first-order chi connectivity index (χ1) is 10.7. The van der Waals surface area contributed by atoms with Crippen molar-refractivity contribution in [1.29, 1.82) is 0 Å².